The summed E-state index contributed by atoms with van der Waals surface area (Å²) in [5.41, 5.74) is 4.46. The fraction of sp³-hybridized carbons (Fsp3) is 0.258. The summed E-state index contributed by atoms with van der Waals surface area (Å²) < 4.78 is 57.9. The lowest BCUT2D eigenvalue weighted by Gasteiger charge is -2.10. The quantitative estimate of drug-likeness (QED) is 0.151. The van der Waals surface area contributed by atoms with Crippen molar-refractivity contribution >= 4 is 10.8 Å². The lowest BCUT2D eigenvalue weighted by molar-refractivity contribution is -0.0522. The lowest BCUT2D eigenvalue weighted by Crippen LogP contribution is -2.04. The van der Waals surface area contributed by atoms with Gasteiger partial charge in [0.15, 0.2) is 11.6 Å². The highest BCUT2D eigenvalue weighted by Crippen LogP contribution is 2.25. The van der Waals surface area contributed by atoms with Crippen molar-refractivity contribution < 1.29 is 22.3 Å². The normalized spacial score (nSPS) is 11.6. The van der Waals surface area contributed by atoms with Crippen molar-refractivity contribution in [2.24, 2.45) is 0 Å². The first kappa shape index (κ1) is 26.4. The Labute approximate surface area is 214 Å². The number of hydrogen-bond donors (Lipinski definition) is 0. The van der Waals surface area contributed by atoms with Crippen LogP contribution < -0.4 is 4.74 Å². The molecule has 37 heavy (non-hydrogen) atoms. The van der Waals surface area contributed by atoms with Crippen molar-refractivity contribution in [2.75, 3.05) is 0 Å². The number of alkyl halides is 2. The molecule has 0 radical (unpaired) electrons. The molecule has 1 aromatic heterocycles. The van der Waals surface area contributed by atoms with E-state index in [0.717, 1.165) is 48.4 Å². The molecule has 0 aliphatic carbocycles. The Bertz CT molecular complexity index is 1370. The molecule has 3 aromatic carbocycles. The zero-order valence-corrected chi connectivity index (χ0v) is 20.7. The minimum atomic E-state index is -3.09. The third-order valence-corrected chi connectivity index (χ3v) is 6.38. The summed E-state index contributed by atoms with van der Waals surface area (Å²) in [6.07, 6.45) is 10.5. The van der Waals surface area contributed by atoms with Crippen LogP contribution in [0.3, 0.4) is 0 Å². The van der Waals surface area contributed by atoms with Gasteiger partial charge in [0.25, 0.3) is 0 Å². The predicted octanol–water partition coefficient (Wildman–Crippen LogP) is 8.19. The minimum absolute atomic E-state index is 0.294. The van der Waals surface area contributed by atoms with E-state index in [2.05, 4.69) is 34.0 Å². The van der Waals surface area contributed by atoms with Crippen LogP contribution in [0, 0.1) is 11.6 Å². The van der Waals surface area contributed by atoms with Gasteiger partial charge in [-0.1, -0.05) is 54.6 Å². The summed E-state index contributed by atoms with van der Waals surface area (Å²) in [6, 6.07) is 17.4. The average Bonchev–Trinajstić information content (AvgIpc) is 2.89. The molecule has 0 saturated carbocycles. The summed E-state index contributed by atoms with van der Waals surface area (Å²) in [7, 11) is 0. The van der Waals surface area contributed by atoms with Crippen molar-refractivity contribution in [3.63, 3.8) is 0 Å². The average molecular weight is 508 g/mol. The Balaban J connectivity index is 1.37. The molecular formula is C31H29F4NO. The van der Waals surface area contributed by atoms with Crippen molar-refractivity contribution in [1.82, 2.24) is 4.98 Å². The molecule has 0 bridgehead atoms. The van der Waals surface area contributed by atoms with Crippen LogP contribution >= 0.6 is 0 Å². The van der Waals surface area contributed by atoms with E-state index in [4.69, 9.17) is 0 Å². The van der Waals surface area contributed by atoms with Gasteiger partial charge in [-0.05, 0) is 91.3 Å². The standard InChI is InChI=1S/C31H29F4NO/c1-2-3-4-5-23-8-15-26(36-20-23)14-7-21-9-16-27-25(18-21)13-12-24(30(27)33)11-6-22-10-17-29(28(32)19-22)37-31(34)35/h2-3,8-10,12-13,15-20,31H,4-7,11,14H2,1H3/b3-2+. The zero-order chi connectivity index (χ0) is 26.2. The van der Waals surface area contributed by atoms with Gasteiger partial charge in [0, 0.05) is 17.3 Å². The summed E-state index contributed by atoms with van der Waals surface area (Å²) in [5, 5.41) is 1.36. The van der Waals surface area contributed by atoms with E-state index in [9.17, 15) is 13.2 Å². The first-order valence-corrected chi connectivity index (χ1v) is 12.4. The number of benzene rings is 3. The van der Waals surface area contributed by atoms with Gasteiger partial charge in [0.05, 0.1) is 0 Å². The Kier molecular flexibility index (Phi) is 8.94. The summed E-state index contributed by atoms with van der Waals surface area (Å²) in [4.78, 5) is 4.58. The number of nitrogens with zero attached hydrogens (tertiary/aromatic N) is 1. The van der Waals surface area contributed by atoms with Gasteiger partial charge in [-0.2, -0.15) is 8.78 Å². The van der Waals surface area contributed by atoms with Crippen LogP contribution in [0.1, 0.15) is 41.3 Å². The molecule has 1 heterocycles. The second kappa shape index (κ2) is 12.5. The number of ether oxygens (including phenoxy) is 1. The Morgan fingerprint density at radius 3 is 2.30 bits per heavy atom. The van der Waals surface area contributed by atoms with E-state index in [1.165, 1.54) is 17.7 Å². The minimum Gasteiger partial charge on any atom is -0.432 e. The molecule has 6 heteroatoms. The SMILES string of the molecule is C/C=C/CCc1ccc(CCc2ccc3c(F)c(CCc4ccc(OC(F)F)c(F)c4)ccc3c2)nc1. The Morgan fingerprint density at radius 1 is 0.811 bits per heavy atom. The molecular weight excluding hydrogens is 478 g/mol. The fourth-order valence-corrected chi connectivity index (χ4v) is 4.35. The number of halogens is 4. The molecule has 0 fully saturated rings. The first-order chi connectivity index (χ1) is 17.9. The maximum Gasteiger partial charge on any atom is 0.387 e. The smallest absolute Gasteiger partial charge is 0.387 e. The molecule has 0 spiro atoms. The monoisotopic (exact) mass is 507 g/mol. The van der Waals surface area contributed by atoms with Crippen molar-refractivity contribution in [3.8, 4) is 5.75 Å². The van der Waals surface area contributed by atoms with Crippen molar-refractivity contribution in [2.45, 2.75) is 52.1 Å². The van der Waals surface area contributed by atoms with Gasteiger partial charge in [-0.3, -0.25) is 4.98 Å². The number of pyridine rings is 1. The third-order valence-electron chi connectivity index (χ3n) is 6.38. The molecule has 0 saturated heterocycles. The topological polar surface area (TPSA) is 22.1 Å². The van der Waals surface area contributed by atoms with Crippen LogP contribution in [0.25, 0.3) is 10.8 Å². The number of fused-ring (bicyclic) bond motifs is 1. The van der Waals surface area contributed by atoms with E-state index in [-0.39, 0.29) is 5.82 Å². The van der Waals surface area contributed by atoms with Crippen molar-refractivity contribution in [3.05, 3.63) is 119 Å². The second-order valence-corrected chi connectivity index (χ2v) is 9.00. The summed E-state index contributed by atoms with van der Waals surface area (Å²) >= 11 is 0. The number of aryl methyl sites for hydroxylation is 5. The molecule has 4 aromatic rings. The van der Waals surface area contributed by atoms with Gasteiger partial charge in [0.2, 0.25) is 0 Å². The molecule has 0 unspecified atom stereocenters. The van der Waals surface area contributed by atoms with Crippen LogP contribution in [0.4, 0.5) is 17.6 Å². The molecule has 0 N–H and O–H groups in total. The van der Waals surface area contributed by atoms with E-state index >= 15 is 4.39 Å². The molecule has 4 rings (SSSR count). The summed E-state index contributed by atoms with van der Waals surface area (Å²) in [5.74, 6) is -1.66. The zero-order valence-electron chi connectivity index (χ0n) is 20.7. The van der Waals surface area contributed by atoms with E-state index in [1.807, 2.05) is 31.3 Å². The highest BCUT2D eigenvalue weighted by Gasteiger charge is 2.12. The fourth-order valence-electron chi connectivity index (χ4n) is 4.35. The number of aromatic nitrogens is 1. The third kappa shape index (κ3) is 7.19. The van der Waals surface area contributed by atoms with Crippen LogP contribution in [-0.2, 0) is 32.1 Å². The first-order valence-electron chi connectivity index (χ1n) is 12.4. The molecule has 0 aliphatic heterocycles. The summed E-state index contributed by atoms with van der Waals surface area (Å²) in [6.45, 7) is -1.07. The van der Waals surface area contributed by atoms with E-state index in [0.29, 0.717) is 29.4 Å². The predicted molar refractivity (Wildman–Crippen MR) is 139 cm³/mol. The maximum absolute atomic E-state index is 15.2. The van der Waals surface area contributed by atoms with Crippen LogP contribution in [0.2, 0.25) is 0 Å². The highest BCUT2D eigenvalue weighted by atomic mass is 19.3. The second-order valence-electron chi connectivity index (χ2n) is 9.00. The van der Waals surface area contributed by atoms with Crippen molar-refractivity contribution in [1.29, 1.82) is 0 Å². The molecule has 0 atom stereocenters. The van der Waals surface area contributed by atoms with E-state index < -0.39 is 18.2 Å². The largest absolute Gasteiger partial charge is 0.432 e. The molecule has 2 nitrogen and oxygen atoms in total. The number of rotatable bonds is 11. The number of hydrogen-bond acceptors (Lipinski definition) is 2. The number of allylic oxidation sites excluding steroid dienone is 2. The Morgan fingerprint density at radius 2 is 1.57 bits per heavy atom. The van der Waals surface area contributed by atoms with Crippen LogP contribution in [-0.4, -0.2) is 11.6 Å². The van der Waals surface area contributed by atoms with Crippen LogP contribution in [0.5, 0.6) is 5.75 Å². The molecule has 192 valence electrons. The van der Waals surface area contributed by atoms with Gasteiger partial charge in [-0.25, -0.2) is 8.78 Å². The Hall–Kier alpha value is -3.67. The van der Waals surface area contributed by atoms with Gasteiger partial charge in [0.1, 0.15) is 5.82 Å². The van der Waals surface area contributed by atoms with Gasteiger partial charge in [-0.15, -0.1) is 0 Å². The van der Waals surface area contributed by atoms with Gasteiger partial charge >= 0.3 is 6.61 Å². The lowest BCUT2D eigenvalue weighted by atomic mass is 9.97. The molecule has 0 aliphatic rings. The van der Waals surface area contributed by atoms with Crippen LogP contribution in [0.15, 0.2) is 79.0 Å². The maximum atomic E-state index is 15.2. The van der Waals surface area contributed by atoms with E-state index in [1.54, 1.807) is 12.1 Å². The highest BCUT2D eigenvalue weighted by molar-refractivity contribution is 5.84. The molecule has 0 amide bonds. The van der Waals surface area contributed by atoms with Gasteiger partial charge < -0.3 is 4.74 Å².